The lowest BCUT2D eigenvalue weighted by Gasteiger charge is -2.35. The van der Waals surface area contributed by atoms with Crippen molar-refractivity contribution in [1.82, 2.24) is 44.9 Å². The summed E-state index contributed by atoms with van der Waals surface area (Å²) in [5.41, 5.74) is 7.45. The number of benzene rings is 3. The number of imidazole rings is 2. The standard InChI is InChI=1S/C49H57N9O7/c1-27(2)41(54-48(61)63-5)45(59)56-21-11-17-37(56)43-50-25-34(52-43)30-19-20-32-39-24-33-31(15-10-16-36(33)58(39)47(65-40(32)23-30)29-13-8-7-9-14-29)35-26-51-44(53-35)38-18-12-22-57(38)46(60)42(28(3)4)55-49(62)64-6/h7-10,13-16,19-20,23-28,37-38,41-42,45,47,59H,11-12,17-18,21-22H2,1-6H3,(H,50,52)(H,51,53)(H,54,61)(H,55,62). The predicted molar refractivity (Wildman–Crippen MR) is 244 cm³/mol. The highest BCUT2D eigenvalue weighted by Crippen LogP contribution is 2.47. The van der Waals surface area contributed by atoms with E-state index in [0.29, 0.717) is 18.9 Å². The molecule has 6 unspecified atom stereocenters. The third-order valence-corrected chi connectivity index (χ3v) is 13.2. The van der Waals surface area contributed by atoms with E-state index in [1.54, 1.807) is 0 Å². The number of nitrogens with zero attached hydrogens (tertiary/aromatic N) is 5. The van der Waals surface area contributed by atoms with Gasteiger partial charge in [-0.1, -0.05) is 76.2 Å². The predicted octanol–water partition coefficient (Wildman–Crippen LogP) is 7.91. The zero-order valence-corrected chi connectivity index (χ0v) is 37.6. The van der Waals surface area contributed by atoms with Crippen LogP contribution in [0.3, 0.4) is 0 Å². The Morgan fingerprint density at radius 1 is 0.785 bits per heavy atom. The minimum Gasteiger partial charge on any atom is -0.465 e. The Morgan fingerprint density at radius 3 is 2.22 bits per heavy atom. The molecule has 5 N–H and O–H groups in total. The Morgan fingerprint density at radius 2 is 1.48 bits per heavy atom. The highest BCUT2D eigenvalue weighted by atomic mass is 16.5. The summed E-state index contributed by atoms with van der Waals surface area (Å²) in [5.74, 6) is 1.85. The third kappa shape index (κ3) is 8.20. The van der Waals surface area contributed by atoms with E-state index in [9.17, 15) is 19.5 Å². The second-order valence-corrected chi connectivity index (χ2v) is 17.9. The Kier molecular flexibility index (Phi) is 12.1. The van der Waals surface area contributed by atoms with Crippen LogP contribution in [0.2, 0.25) is 0 Å². The molecule has 16 nitrogen and oxygen atoms in total. The van der Waals surface area contributed by atoms with Crippen LogP contribution in [0, 0.1) is 11.8 Å². The topological polar surface area (TPSA) is 192 Å². The Bertz CT molecular complexity index is 2690. The quantitative estimate of drug-likeness (QED) is 0.0807. The second kappa shape index (κ2) is 18.1. The number of methoxy groups -OCH3 is 2. The molecule has 6 heterocycles. The van der Waals surface area contributed by atoms with E-state index in [1.807, 2.05) is 74.2 Å². The van der Waals surface area contributed by atoms with Crippen LogP contribution in [0.1, 0.15) is 88.9 Å². The first-order valence-electron chi connectivity index (χ1n) is 22.5. The first kappa shape index (κ1) is 43.6. The number of aromatic nitrogens is 5. The molecule has 65 heavy (non-hydrogen) atoms. The lowest BCUT2D eigenvalue weighted by Crippen LogP contribution is -2.54. The van der Waals surface area contributed by atoms with Gasteiger partial charge in [-0.3, -0.25) is 9.69 Å². The van der Waals surface area contributed by atoms with E-state index in [-0.39, 0.29) is 29.8 Å². The summed E-state index contributed by atoms with van der Waals surface area (Å²) >= 11 is 0. The number of aromatic amines is 2. The van der Waals surface area contributed by atoms with Crippen LogP contribution in [0.15, 0.2) is 85.2 Å². The maximum absolute atomic E-state index is 13.9. The highest BCUT2D eigenvalue weighted by molar-refractivity contribution is 5.99. The van der Waals surface area contributed by atoms with Gasteiger partial charge >= 0.3 is 12.2 Å². The van der Waals surface area contributed by atoms with E-state index in [1.165, 1.54) is 14.2 Å². The number of rotatable bonds is 12. The second-order valence-electron chi connectivity index (χ2n) is 17.9. The van der Waals surface area contributed by atoms with Gasteiger partial charge in [-0.15, -0.1) is 0 Å². The molecule has 9 rings (SSSR count). The van der Waals surface area contributed by atoms with Gasteiger partial charge in [0, 0.05) is 40.7 Å². The van der Waals surface area contributed by atoms with Crippen molar-refractivity contribution in [3.8, 4) is 39.5 Å². The van der Waals surface area contributed by atoms with Crippen LogP contribution in [-0.2, 0) is 14.3 Å². The number of H-pyrrole nitrogens is 2. The van der Waals surface area contributed by atoms with Crippen molar-refractivity contribution in [1.29, 1.82) is 0 Å². The molecule has 0 spiro atoms. The molecule has 6 atom stereocenters. The molecule has 0 bridgehead atoms. The fraction of sp³-hybridized carbons (Fsp3) is 0.408. The average Bonchev–Trinajstić information content (AvgIpc) is 4.18. The monoisotopic (exact) mass is 883 g/mol. The third-order valence-electron chi connectivity index (χ3n) is 13.2. The number of carbonyl (C=O) groups is 3. The van der Waals surface area contributed by atoms with Crippen LogP contribution < -0.4 is 15.4 Å². The minimum atomic E-state index is -0.931. The number of amides is 3. The van der Waals surface area contributed by atoms with Crippen molar-refractivity contribution in [2.75, 3.05) is 27.3 Å². The Hall–Kier alpha value is -6.65. The van der Waals surface area contributed by atoms with E-state index in [0.717, 1.165) is 87.5 Å². The molecule has 340 valence electrons. The molecule has 3 aliphatic rings. The number of likely N-dealkylation sites (tertiary alicyclic amines) is 2. The maximum Gasteiger partial charge on any atom is 0.407 e. The number of carbonyl (C=O) groups excluding carboxylic acids is 3. The van der Waals surface area contributed by atoms with Crippen LogP contribution in [0.4, 0.5) is 9.59 Å². The van der Waals surface area contributed by atoms with Gasteiger partial charge in [0.15, 0.2) is 0 Å². The largest absolute Gasteiger partial charge is 0.465 e. The molecule has 0 aliphatic carbocycles. The van der Waals surface area contributed by atoms with E-state index >= 15 is 0 Å². The highest BCUT2D eigenvalue weighted by Gasteiger charge is 2.40. The summed E-state index contributed by atoms with van der Waals surface area (Å²) in [5, 5.41) is 18.1. The van der Waals surface area contributed by atoms with Gasteiger partial charge in [-0.2, -0.15) is 0 Å². The van der Waals surface area contributed by atoms with E-state index < -0.39 is 36.7 Å². The number of aliphatic hydroxyl groups is 1. The Labute approximate surface area is 377 Å². The molecular weight excluding hydrogens is 827 g/mol. The van der Waals surface area contributed by atoms with Gasteiger partial charge in [0.2, 0.25) is 12.1 Å². The van der Waals surface area contributed by atoms with Gasteiger partial charge in [0.05, 0.1) is 67.3 Å². The average molecular weight is 884 g/mol. The van der Waals surface area contributed by atoms with Crippen LogP contribution >= 0.6 is 0 Å². The van der Waals surface area contributed by atoms with Gasteiger partial charge in [0.1, 0.15) is 29.7 Å². The first-order valence-corrected chi connectivity index (χ1v) is 22.5. The van der Waals surface area contributed by atoms with Crippen LogP contribution in [-0.4, -0.2) is 103 Å². The molecule has 0 radical (unpaired) electrons. The molecule has 0 saturated carbocycles. The number of alkyl carbamates (subject to hydrolysis) is 2. The van der Waals surface area contributed by atoms with Crippen molar-refractivity contribution in [2.45, 2.75) is 90.0 Å². The summed E-state index contributed by atoms with van der Waals surface area (Å²) in [7, 11) is 2.61. The van der Waals surface area contributed by atoms with Gasteiger partial charge in [0.25, 0.3) is 0 Å². The van der Waals surface area contributed by atoms with Gasteiger partial charge in [-0.05, 0) is 61.8 Å². The molecule has 2 saturated heterocycles. The number of hydrogen-bond acceptors (Lipinski definition) is 10. The van der Waals surface area contributed by atoms with Gasteiger partial charge in [-0.25, -0.2) is 19.6 Å². The molecule has 3 aromatic carbocycles. The number of ether oxygens (including phenoxy) is 3. The molecule has 2 fully saturated rings. The zero-order chi connectivity index (χ0) is 45.5. The Balaban J connectivity index is 1.03. The fourth-order valence-corrected chi connectivity index (χ4v) is 9.83. The van der Waals surface area contributed by atoms with Gasteiger partial charge < -0.3 is 49.4 Å². The van der Waals surface area contributed by atoms with Crippen LogP contribution in [0.5, 0.6) is 5.75 Å². The lowest BCUT2D eigenvalue weighted by atomic mass is 10.0. The number of fused-ring (bicyclic) bond motifs is 5. The maximum atomic E-state index is 13.9. The molecule has 3 aliphatic heterocycles. The minimum absolute atomic E-state index is 0.0363. The van der Waals surface area contributed by atoms with Crippen molar-refractivity contribution < 1.29 is 33.7 Å². The summed E-state index contributed by atoms with van der Waals surface area (Å²) in [6, 6.07) is 23.2. The van der Waals surface area contributed by atoms with Crippen molar-refractivity contribution >= 4 is 29.0 Å². The molecule has 3 aromatic heterocycles. The van der Waals surface area contributed by atoms with Crippen LogP contribution in [0.25, 0.3) is 44.7 Å². The molecule has 16 heteroatoms. The van der Waals surface area contributed by atoms with E-state index in [2.05, 4.69) is 73.7 Å². The molecular formula is C49H57N9O7. The summed E-state index contributed by atoms with van der Waals surface area (Å²) in [6.45, 7) is 8.96. The van der Waals surface area contributed by atoms with E-state index in [4.69, 9.17) is 24.2 Å². The molecule has 6 aromatic rings. The van der Waals surface area contributed by atoms with Crippen molar-refractivity contribution in [3.05, 3.63) is 102 Å². The number of aliphatic hydroxyl groups excluding tert-OH is 1. The number of nitrogens with one attached hydrogen (secondary N) is 4. The lowest BCUT2D eigenvalue weighted by molar-refractivity contribution is -0.135. The summed E-state index contributed by atoms with van der Waals surface area (Å²) in [4.78, 5) is 58.8. The normalized spacial score (nSPS) is 19.7. The van der Waals surface area contributed by atoms with Crippen molar-refractivity contribution in [2.24, 2.45) is 11.8 Å². The zero-order valence-electron chi connectivity index (χ0n) is 37.6. The molecule has 3 amide bonds. The summed E-state index contributed by atoms with van der Waals surface area (Å²) < 4.78 is 18.9. The number of hydrogen-bond donors (Lipinski definition) is 5. The fourth-order valence-electron chi connectivity index (χ4n) is 9.83. The SMILES string of the molecule is COC(=O)NC(C(=O)N1CCCC1c1ncc(-c2cccc3c2cc2n3C(c3ccccc3)Oc3cc(-c4cnc(C5CCCN5C(O)C(NC(=O)OC)C(C)C)[nH]4)ccc3-2)[nH]1)C(C)C. The van der Waals surface area contributed by atoms with Crippen molar-refractivity contribution in [3.63, 3.8) is 0 Å². The summed E-state index contributed by atoms with van der Waals surface area (Å²) in [6.07, 6.45) is 4.30. The first-order chi connectivity index (χ1) is 31.4. The smallest absolute Gasteiger partial charge is 0.407 e.